The molecule has 0 atom stereocenters. The van der Waals surface area contributed by atoms with Gasteiger partial charge in [0, 0.05) is 12.2 Å². The number of methoxy groups -OCH3 is 1. The van der Waals surface area contributed by atoms with Crippen molar-refractivity contribution in [3.63, 3.8) is 0 Å². The summed E-state index contributed by atoms with van der Waals surface area (Å²) >= 11 is 0. The summed E-state index contributed by atoms with van der Waals surface area (Å²) in [6, 6.07) is 6.06. The Morgan fingerprint density at radius 2 is 1.82 bits per heavy atom. The molecule has 0 saturated carbocycles. The van der Waals surface area contributed by atoms with Crippen LogP contribution in [0, 0.1) is 0 Å². The molecule has 1 rings (SSSR count). The average Bonchev–Trinajstić information content (AvgIpc) is 2.48. The summed E-state index contributed by atoms with van der Waals surface area (Å²) < 4.78 is 9.82. The average molecular weight is 310 g/mol. The highest BCUT2D eigenvalue weighted by molar-refractivity contribution is 5.89. The quantitative estimate of drug-likeness (QED) is 0.622. The van der Waals surface area contributed by atoms with E-state index in [1.807, 2.05) is 0 Å². The van der Waals surface area contributed by atoms with Crippen LogP contribution in [-0.2, 0) is 14.3 Å². The number of esters is 1. The van der Waals surface area contributed by atoms with Crippen LogP contribution in [0.15, 0.2) is 24.3 Å². The van der Waals surface area contributed by atoms with Crippen LogP contribution in [0.2, 0.25) is 0 Å². The lowest BCUT2D eigenvalue weighted by Crippen LogP contribution is -2.30. The number of carboxylic acids is 1. The van der Waals surface area contributed by atoms with Gasteiger partial charge >= 0.3 is 18.0 Å². The smallest absolute Gasteiger partial charge is 0.319 e. The summed E-state index contributed by atoms with van der Waals surface area (Å²) in [4.78, 5) is 32.7. The highest BCUT2D eigenvalue weighted by Crippen LogP contribution is 2.15. The van der Waals surface area contributed by atoms with Gasteiger partial charge in [0.1, 0.15) is 5.75 Å². The number of amides is 2. The molecule has 3 N–H and O–H groups in total. The van der Waals surface area contributed by atoms with Gasteiger partial charge in [0.2, 0.25) is 0 Å². The number of carboxylic acid groups (broad SMARTS) is 1. The molecule has 1 aromatic rings. The maximum Gasteiger partial charge on any atom is 0.319 e. The lowest BCUT2D eigenvalue weighted by Gasteiger charge is -2.08. The minimum absolute atomic E-state index is 0.0515. The Hall–Kier alpha value is -2.77. The molecule has 120 valence electrons. The fraction of sp³-hybridized carbons (Fsp3) is 0.357. The number of carbonyl (C=O) groups is 3. The zero-order valence-corrected chi connectivity index (χ0v) is 12.1. The van der Waals surface area contributed by atoms with Crippen LogP contribution in [0.1, 0.15) is 12.8 Å². The van der Waals surface area contributed by atoms with Gasteiger partial charge in [-0.3, -0.25) is 9.59 Å². The van der Waals surface area contributed by atoms with E-state index >= 15 is 0 Å². The van der Waals surface area contributed by atoms with Gasteiger partial charge in [-0.05, 0) is 24.3 Å². The summed E-state index contributed by atoms with van der Waals surface area (Å²) in [5.74, 6) is -0.772. The van der Waals surface area contributed by atoms with E-state index in [-0.39, 0.29) is 32.0 Å². The summed E-state index contributed by atoms with van der Waals surface area (Å²) in [7, 11) is 1.31. The van der Waals surface area contributed by atoms with Gasteiger partial charge in [-0.15, -0.1) is 0 Å². The molecule has 0 saturated heterocycles. The third-order valence-corrected chi connectivity index (χ3v) is 2.54. The van der Waals surface area contributed by atoms with Crippen LogP contribution in [0.4, 0.5) is 10.5 Å². The maximum atomic E-state index is 11.5. The van der Waals surface area contributed by atoms with Crippen LogP contribution in [0.25, 0.3) is 0 Å². The van der Waals surface area contributed by atoms with Gasteiger partial charge in [0.25, 0.3) is 0 Å². The van der Waals surface area contributed by atoms with Crippen molar-refractivity contribution >= 4 is 23.7 Å². The predicted octanol–water partition coefficient (Wildman–Crippen LogP) is 1.22. The topological polar surface area (TPSA) is 114 Å². The van der Waals surface area contributed by atoms with Crippen LogP contribution >= 0.6 is 0 Å². The van der Waals surface area contributed by atoms with Gasteiger partial charge in [0.15, 0.2) is 0 Å². The Morgan fingerprint density at radius 3 is 2.41 bits per heavy atom. The van der Waals surface area contributed by atoms with E-state index in [1.165, 1.54) is 7.11 Å². The number of nitrogens with one attached hydrogen (secondary N) is 2. The Balaban J connectivity index is 2.33. The van der Waals surface area contributed by atoms with Crippen LogP contribution in [0.3, 0.4) is 0 Å². The zero-order valence-electron chi connectivity index (χ0n) is 12.1. The molecule has 0 bridgehead atoms. The molecule has 1 aromatic carbocycles. The number of ether oxygens (including phenoxy) is 2. The first-order valence-electron chi connectivity index (χ1n) is 6.57. The molecule has 0 spiro atoms. The minimum atomic E-state index is -0.978. The molecule has 2 amide bonds. The van der Waals surface area contributed by atoms with E-state index in [9.17, 15) is 14.4 Å². The normalized spacial score (nSPS) is 9.68. The molecular formula is C14H18N2O6. The standard InChI is InChI=1S/C14H18N2O6/c1-21-13(19)7-9-22-11-4-2-10(3-5-11)16-14(20)15-8-6-12(17)18/h2-5H,6-9H2,1H3,(H,17,18)(H2,15,16,20). The maximum absolute atomic E-state index is 11.5. The van der Waals surface area contributed by atoms with E-state index in [1.54, 1.807) is 24.3 Å². The number of hydrogen-bond acceptors (Lipinski definition) is 5. The number of benzene rings is 1. The second kappa shape index (κ2) is 9.22. The summed E-state index contributed by atoms with van der Waals surface area (Å²) in [5, 5.41) is 13.4. The Kier molecular flexibility index (Phi) is 7.24. The van der Waals surface area contributed by atoms with Crippen LogP contribution in [-0.4, -0.2) is 43.3 Å². The summed E-state index contributed by atoms with van der Waals surface area (Å²) in [6.07, 6.45) is 0.0167. The third-order valence-electron chi connectivity index (χ3n) is 2.54. The van der Waals surface area contributed by atoms with Crippen molar-refractivity contribution in [3.8, 4) is 5.75 Å². The van der Waals surface area contributed by atoms with Crippen LogP contribution in [0.5, 0.6) is 5.75 Å². The number of anilines is 1. The molecule has 0 fully saturated rings. The molecule has 0 aliphatic rings. The van der Waals surface area contributed by atoms with E-state index in [0.29, 0.717) is 11.4 Å². The third kappa shape index (κ3) is 7.13. The first-order chi connectivity index (χ1) is 10.5. The summed E-state index contributed by atoms with van der Waals surface area (Å²) in [6.45, 7) is 0.255. The van der Waals surface area contributed by atoms with Gasteiger partial charge in [-0.1, -0.05) is 0 Å². The van der Waals surface area contributed by atoms with E-state index in [4.69, 9.17) is 9.84 Å². The molecule has 0 aliphatic heterocycles. The fourth-order valence-corrected chi connectivity index (χ4v) is 1.45. The number of rotatable bonds is 8. The predicted molar refractivity (Wildman–Crippen MR) is 77.8 cm³/mol. The molecule has 0 heterocycles. The molecule has 0 unspecified atom stereocenters. The zero-order chi connectivity index (χ0) is 16.4. The molecule has 0 aliphatic carbocycles. The highest BCUT2D eigenvalue weighted by atomic mass is 16.5. The highest BCUT2D eigenvalue weighted by Gasteiger charge is 2.04. The number of urea groups is 1. The Bertz CT molecular complexity index is 515. The van der Waals surface area contributed by atoms with Gasteiger partial charge in [0.05, 0.1) is 26.6 Å². The number of carbonyl (C=O) groups excluding carboxylic acids is 2. The van der Waals surface area contributed by atoms with Crippen molar-refractivity contribution < 1.29 is 29.0 Å². The first kappa shape index (κ1) is 17.3. The Labute approximate surface area is 127 Å². The van der Waals surface area contributed by atoms with E-state index in [2.05, 4.69) is 15.4 Å². The molecule has 0 aromatic heterocycles. The van der Waals surface area contributed by atoms with Gasteiger partial charge < -0.3 is 25.2 Å². The minimum Gasteiger partial charge on any atom is -0.493 e. The van der Waals surface area contributed by atoms with Crippen molar-refractivity contribution in [1.82, 2.24) is 5.32 Å². The van der Waals surface area contributed by atoms with Crippen molar-refractivity contribution in [2.75, 3.05) is 25.6 Å². The monoisotopic (exact) mass is 310 g/mol. The SMILES string of the molecule is COC(=O)CCOc1ccc(NC(=O)NCCC(=O)O)cc1. The van der Waals surface area contributed by atoms with E-state index < -0.39 is 12.0 Å². The van der Waals surface area contributed by atoms with Gasteiger partial charge in [-0.25, -0.2) is 4.79 Å². The van der Waals surface area contributed by atoms with Crippen molar-refractivity contribution in [3.05, 3.63) is 24.3 Å². The molecule has 22 heavy (non-hydrogen) atoms. The van der Waals surface area contributed by atoms with Crippen molar-refractivity contribution in [2.45, 2.75) is 12.8 Å². The van der Waals surface area contributed by atoms with E-state index in [0.717, 1.165) is 0 Å². The number of aliphatic carboxylic acids is 1. The second-order valence-corrected chi connectivity index (χ2v) is 4.22. The lowest BCUT2D eigenvalue weighted by molar-refractivity contribution is -0.141. The first-order valence-corrected chi connectivity index (χ1v) is 6.57. The van der Waals surface area contributed by atoms with Crippen molar-refractivity contribution in [1.29, 1.82) is 0 Å². The second-order valence-electron chi connectivity index (χ2n) is 4.22. The van der Waals surface area contributed by atoms with Gasteiger partial charge in [-0.2, -0.15) is 0 Å². The lowest BCUT2D eigenvalue weighted by atomic mass is 10.3. The molecular weight excluding hydrogens is 292 g/mol. The van der Waals surface area contributed by atoms with Crippen LogP contribution < -0.4 is 15.4 Å². The molecule has 8 heteroatoms. The van der Waals surface area contributed by atoms with Crippen molar-refractivity contribution in [2.24, 2.45) is 0 Å². The molecule has 8 nitrogen and oxygen atoms in total. The molecule has 0 radical (unpaired) electrons. The largest absolute Gasteiger partial charge is 0.493 e. The Morgan fingerprint density at radius 1 is 1.14 bits per heavy atom. The summed E-state index contributed by atoms with van der Waals surface area (Å²) in [5.41, 5.74) is 0.535. The fourth-order valence-electron chi connectivity index (χ4n) is 1.45. The number of hydrogen-bond donors (Lipinski definition) is 3.